The monoisotopic (exact) mass is 370 g/mol. The molecule has 2 saturated heterocycles. The van der Waals surface area contributed by atoms with Crippen molar-refractivity contribution >= 4 is 5.91 Å². The number of hydrogen-bond donors (Lipinski definition) is 0. The van der Waals surface area contributed by atoms with Gasteiger partial charge in [-0.05, 0) is 51.1 Å². The van der Waals surface area contributed by atoms with Gasteiger partial charge in [-0.1, -0.05) is 12.8 Å². The molecule has 4 nitrogen and oxygen atoms in total. The van der Waals surface area contributed by atoms with Gasteiger partial charge in [-0.3, -0.25) is 9.69 Å². The van der Waals surface area contributed by atoms with Crippen molar-refractivity contribution in [2.45, 2.75) is 62.8 Å². The Bertz CT molecular complexity index is 522. The van der Waals surface area contributed by atoms with Crippen LogP contribution in [-0.4, -0.2) is 67.1 Å². The Hall–Kier alpha value is -0.750. The summed E-state index contributed by atoms with van der Waals surface area (Å²) in [5.74, 6) is -1.83. The van der Waals surface area contributed by atoms with Crippen LogP contribution in [-0.2, 0) is 9.53 Å². The fraction of sp³-hybridized carbons (Fsp3) is 0.950. The van der Waals surface area contributed by atoms with Crippen molar-refractivity contribution in [3.05, 3.63) is 0 Å². The molecule has 1 atom stereocenters. The van der Waals surface area contributed by atoms with E-state index < -0.39 is 11.8 Å². The van der Waals surface area contributed by atoms with Crippen LogP contribution >= 0.6 is 0 Å². The van der Waals surface area contributed by atoms with Crippen molar-refractivity contribution in [2.24, 2.45) is 17.8 Å². The highest BCUT2D eigenvalue weighted by Gasteiger charge is 2.55. The number of amides is 1. The van der Waals surface area contributed by atoms with Gasteiger partial charge in [-0.15, -0.1) is 0 Å². The second kappa shape index (κ2) is 7.01. The first-order valence-electron chi connectivity index (χ1n) is 10.3. The molecule has 0 N–H and O–H groups in total. The average molecular weight is 370 g/mol. The van der Waals surface area contributed by atoms with E-state index in [-0.39, 0.29) is 24.3 Å². The van der Waals surface area contributed by atoms with E-state index in [1.165, 1.54) is 25.7 Å². The average Bonchev–Trinajstić information content (AvgIpc) is 3.05. The van der Waals surface area contributed by atoms with E-state index in [1.54, 1.807) is 4.90 Å². The number of hydrogen-bond acceptors (Lipinski definition) is 3. The Kier molecular flexibility index (Phi) is 5.01. The molecule has 1 unspecified atom stereocenters. The van der Waals surface area contributed by atoms with Gasteiger partial charge in [0.25, 0.3) is 0 Å². The normalized spacial score (nSPS) is 31.8. The summed E-state index contributed by atoms with van der Waals surface area (Å²) in [6.45, 7) is 4.16. The third-order valence-corrected chi connectivity index (χ3v) is 7.25. The molecule has 0 aromatic heterocycles. The molecule has 4 fully saturated rings. The summed E-state index contributed by atoms with van der Waals surface area (Å²) in [7, 11) is 2.13. The van der Waals surface area contributed by atoms with Crippen LogP contribution in [0.1, 0.15) is 51.4 Å². The van der Waals surface area contributed by atoms with E-state index in [2.05, 4.69) is 11.9 Å². The van der Waals surface area contributed by atoms with Crippen molar-refractivity contribution in [1.29, 1.82) is 0 Å². The maximum atomic E-state index is 13.0. The van der Waals surface area contributed by atoms with Gasteiger partial charge >= 0.3 is 0 Å². The SMILES string of the molecule is CN1CCC(COCC2CCCC2)CC12CN(C(=O)C1CC(F)(F)C1)C2. The van der Waals surface area contributed by atoms with Crippen molar-refractivity contribution in [3.63, 3.8) is 0 Å². The Morgan fingerprint density at radius 1 is 1.04 bits per heavy atom. The second-order valence-corrected chi connectivity index (χ2v) is 9.35. The van der Waals surface area contributed by atoms with Crippen LogP contribution in [0.4, 0.5) is 8.78 Å². The highest BCUT2D eigenvalue weighted by molar-refractivity contribution is 5.81. The lowest BCUT2D eigenvalue weighted by Crippen LogP contribution is -2.73. The van der Waals surface area contributed by atoms with E-state index >= 15 is 0 Å². The lowest BCUT2D eigenvalue weighted by molar-refractivity contribution is -0.175. The summed E-state index contributed by atoms with van der Waals surface area (Å²) in [5, 5.41) is 0. The molecule has 148 valence electrons. The Morgan fingerprint density at radius 3 is 2.35 bits per heavy atom. The second-order valence-electron chi connectivity index (χ2n) is 9.35. The number of piperidine rings is 1. The fourth-order valence-electron chi connectivity index (χ4n) is 5.41. The number of likely N-dealkylation sites (N-methyl/N-ethyl adjacent to an activating group) is 1. The summed E-state index contributed by atoms with van der Waals surface area (Å²) in [4.78, 5) is 16.6. The lowest BCUT2D eigenvalue weighted by Gasteiger charge is -2.59. The van der Waals surface area contributed by atoms with Gasteiger partial charge in [-0.25, -0.2) is 8.78 Å². The first kappa shape index (κ1) is 18.6. The number of ether oxygens (including phenoxy) is 1. The molecule has 4 rings (SSSR count). The van der Waals surface area contributed by atoms with Crippen molar-refractivity contribution in [3.8, 4) is 0 Å². The Labute approximate surface area is 155 Å². The van der Waals surface area contributed by atoms with Crippen LogP contribution in [0, 0.1) is 17.8 Å². The maximum absolute atomic E-state index is 13.0. The molecule has 2 heterocycles. The molecule has 0 aromatic rings. The third-order valence-electron chi connectivity index (χ3n) is 7.25. The molecule has 0 bridgehead atoms. The molecule has 4 aliphatic rings. The maximum Gasteiger partial charge on any atom is 0.249 e. The van der Waals surface area contributed by atoms with Crippen molar-refractivity contribution in [1.82, 2.24) is 9.80 Å². The summed E-state index contributed by atoms with van der Waals surface area (Å²) in [6, 6.07) is 0. The number of carbonyl (C=O) groups excluding carboxylic acids is 1. The molecule has 6 heteroatoms. The first-order valence-corrected chi connectivity index (χ1v) is 10.3. The lowest BCUT2D eigenvalue weighted by atomic mass is 9.73. The van der Waals surface area contributed by atoms with Crippen LogP contribution in [0.25, 0.3) is 0 Å². The predicted molar refractivity (Wildman–Crippen MR) is 95.1 cm³/mol. The van der Waals surface area contributed by atoms with Crippen molar-refractivity contribution in [2.75, 3.05) is 39.9 Å². The number of halogens is 2. The number of nitrogens with zero attached hydrogens (tertiary/aromatic N) is 2. The largest absolute Gasteiger partial charge is 0.381 e. The van der Waals surface area contributed by atoms with Crippen molar-refractivity contribution < 1.29 is 18.3 Å². The van der Waals surface area contributed by atoms with Gasteiger partial charge < -0.3 is 9.64 Å². The molecular formula is C20H32F2N2O2. The van der Waals surface area contributed by atoms with Crippen LogP contribution in [0.15, 0.2) is 0 Å². The zero-order valence-electron chi connectivity index (χ0n) is 15.9. The molecule has 1 spiro atoms. The molecule has 2 aliphatic carbocycles. The Morgan fingerprint density at radius 2 is 1.69 bits per heavy atom. The summed E-state index contributed by atoms with van der Waals surface area (Å²) in [6.07, 6.45) is 7.00. The van der Waals surface area contributed by atoms with Gasteiger partial charge in [0, 0.05) is 45.1 Å². The quantitative estimate of drug-likeness (QED) is 0.745. The smallest absolute Gasteiger partial charge is 0.249 e. The molecule has 1 amide bonds. The summed E-state index contributed by atoms with van der Waals surface area (Å²) >= 11 is 0. The van der Waals surface area contributed by atoms with Crippen LogP contribution in [0.5, 0.6) is 0 Å². The van der Waals surface area contributed by atoms with E-state index in [4.69, 9.17) is 4.74 Å². The van der Waals surface area contributed by atoms with Crippen LogP contribution < -0.4 is 0 Å². The summed E-state index contributed by atoms with van der Waals surface area (Å²) in [5.41, 5.74) is 0.0432. The summed E-state index contributed by atoms with van der Waals surface area (Å²) < 4.78 is 32.1. The molecule has 0 aromatic carbocycles. The van der Waals surface area contributed by atoms with Gasteiger partial charge in [0.15, 0.2) is 0 Å². The number of alkyl halides is 2. The standard InChI is InChI=1S/C20H32F2N2O2/c1-23-7-6-16(12-26-11-15-4-2-3-5-15)8-19(23)13-24(14-19)18(25)17-9-20(21,22)10-17/h15-17H,2-14H2,1H3. The minimum absolute atomic E-state index is 0.0432. The highest BCUT2D eigenvalue weighted by atomic mass is 19.3. The minimum atomic E-state index is -2.62. The van der Waals surface area contributed by atoms with Gasteiger partial charge in [0.2, 0.25) is 11.8 Å². The molecule has 2 aliphatic heterocycles. The Balaban J connectivity index is 1.23. The number of rotatable bonds is 5. The zero-order chi connectivity index (χ0) is 18.4. The molecular weight excluding hydrogens is 338 g/mol. The van der Waals surface area contributed by atoms with Crippen LogP contribution in [0.2, 0.25) is 0 Å². The molecule has 26 heavy (non-hydrogen) atoms. The number of likely N-dealkylation sites (tertiary alicyclic amines) is 2. The van der Waals surface area contributed by atoms with Gasteiger partial charge in [-0.2, -0.15) is 0 Å². The molecule has 2 saturated carbocycles. The van der Waals surface area contributed by atoms with Gasteiger partial charge in [0.1, 0.15) is 0 Å². The third kappa shape index (κ3) is 3.64. The van der Waals surface area contributed by atoms with Crippen LogP contribution in [0.3, 0.4) is 0 Å². The predicted octanol–water partition coefficient (Wildman–Crippen LogP) is 3.16. The first-order chi connectivity index (χ1) is 12.4. The topological polar surface area (TPSA) is 32.8 Å². The molecule has 0 radical (unpaired) electrons. The fourth-order valence-corrected chi connectivity index (χ4v) is 5.41. The van der Waals surface area contributed by atoms with E-state index in [9.17, 15) is 13.6 Å². The number of carbonyl (C=O) groups is 1. The zero-order valence-corrected chi connectivity index (χ0v) is 15.9. The van der Waals surface area contributed by atoms with E-state index in [0.717, 1.165) is 38.5 Å². The van der Waals surface area contributed by atoms with E-state index in [0.29, 0.717) is 19.0 Å². The minimum Gasteiger partial charge on any atom is -0.381 e. The highest BCUT2D eigenvalue weighted by Crippen LogP contribution is 2.45. The van der Waals surface area contributed by atoms with Gasteiger partial charge in [0.05, 0.1) is 5.54 Å². The van der Waals surface area contributed by atoms with E-state index in [1.807, 2.05) is 0 Å².